The molecule has 358 valence electrons. The number of Topliss-reactive ketones (excluding diaryl/α,β-unsaturated/α-hetero) is 1. The van der Waals surface area contributed by atoms with Crippen LogP contribution >= 0.6 is 0 Å². The zero-order valence-corrected chi connectivity index (χ0v) is 40.7. The van der Waals surface area contributed by atoms with Gasteiger partial charge in [-0.25, -0.2) is 0 Å². The Hall–Kier alpha value is -2.98. The van der Waals surface area contributed by atoms with Crippen molar-refractivity contribution < 1.29 is 52.5 Å². The fourth-order valence-electron chi connectivity index (χ4n) is 9.51. The van der Waals surface area contributed by atoms with Crippen LogP contribution in [0.15, 0.2) is 0 Å². The third-order valence-corrected chi connectivity index (χ3v) is 14.5. The van der Waals surface area contributed by atoms with Gasteiger partial charge in [-0.05, 0) is 103 Å². The number of esters is 5. The number of ether oxygens (including phenoxy) is 5. The Morgan fingerprint density at radius 1 is 0.613 bits per heavy atom. The first kappa shape index (κ1) is 55.2. The lowest BCUT2D eigenvalue weighted by atomic mass is 9.70. The summed E-state index contributed by atoms with van der Waals surface area (Å²) in [5.74, 6) is -3.67. The van der Waals surface area contributed by atoms with Crippen molar-refractivity contribution in [3.63, 3.8) is 0 Å². The predicted octanol–water partition coefficient (Wildman–Crippen LogP) is 11.6. The van der Waals surface area contributed by atoms with E-state index in [0.717, 1.165) is 57.8 Å². The molecular formula is C51H88O11. The van der Waals surface area contributed by atoms with Crippen LogP contribution in [0.4, 0.5) is 0 Å². The Bertz CT molecular complexity index is 1370. The Labute approximate surface area is 376 Å². The van der Waals surface area contributed by atoms with Gasteiger partial charge in [-0.1, -0.05) is 119 Å². The minimum atomic E-state index is -0.982. The van der Waals surface area contributed by atoms with Gasteiger partial charge in [-0.2, -0.15) is 0 Å². The molecule has 11 nitrogen and oxygen atoms in total. The van der Waals surface area contributed by atoms with Gasteiger partial charge in [0.1, 0.15) is 31.5 Å². The fourth-order valence-corrected chi connectivity index (χ4v) is 9.51. The summed E-state index contributed by atoms with van der Waals surface area (Å²) in [6.07, 6.45) is 20.0. The van der Waals surface area contributed by atoms with Gasteiger partial charge in [0.05, 0.1) is 36.4 Å². The van der Waals surface area contributed by atoms with Crippen molar-refractivity contribution in [2.24, 2.45) is 39.9 Å². The largest absolute Gasteiger partial charge is 0.465 e. The maximum atomic E-state index is 14.3. The average molecular weight is 877 g/mol. The number of rotatable bonds is 35. The number of carbonyl (C=O) groups is 6. The summed E-state index contributed by atoms with van der Waals surface area (Å²) in [6.45, 7) is 18.3. The van der Waals surface area contributed by atoms with Gasteiger partial charge in [-0.15, -0.1) is 0 Å². The summed E-state index contributed by atoms with van der Waals surface area (Å²) in [5, 5.41) is 0. The second kappa shape index (κ2) is 28.7. The van der Waals surface area contributed by atoms with Gasteiger partial charge < -0.3 is 23.7 Å². The first-order valence-electron chi connectivity index (χ1n) is 24.8. The monoisotopic (exact) mass is 877 g/mol. The molecule has 6 unspecified atom stereocenters. The average Bonchev–Trinajstić information content (AvgIpc) is 3.55. The highest BCUT2D eigenvalue weighted by Gasteiger charge is 2.63. The first-order valence-corrected chi connectivity index (χ1v) is 24.8. The molecule has 11 heteroatoms. The lowest BCUT2D eigenvalue weighted by molar-refractivity contribution is -0.165. The van der Waals surface area contributed by atoms with Crippen molar-refractivity contribution in [3.05, 3.63) is 0 Å². The molecule has 0 aromatic rings. The predicted molar refractivity (Wildman–Crippen MR) is 242 cm³/mol. The van der Waals surface area contributed by atoms with E-state index in [2.05, 4.69) is 34.6 Å². The van der Waals surface area contributed by atoms with Crippen LogP contribution in [0.1, 0.15) is 216 Å². The minimum absolute atomic E-state index is 0.0440. The van der Waals surface area contributed by atoms with E-state index in [4.69, 9.17) is 23.7 Å². The van der Waals surface area contributed by atoms with E-state index in [1.54, 1.807) is 13.8 Å². The van der Waals surface area contributed by atoms with E-state index in [1.807, 2.05) is 6.92 Å². The van der Waals surface area contributed by atoms with Crippen LogP contribution in [0.3, 0.4) is 0 Å². The van der Waals surface area contributed by atoms with Crippen LogP contribution < -0.4 is 0 Å². The maximum Gasteiger partial charge on any atom is 0.313 e. The van der Waals surface area contributed by atoms with E-state index < -0.39 is 35.1 Å². The second-order valence-corrected chi connectivity index (χ2v) is 20.1. The molecule has 2 aliphatic rings. The quantitative estimate of drug-likeness (QED) is 0.0259. The van der Waals surface area contributed by atoms with Gasteiger partial charge in [0.2, 0.25) is 0 Å². The van der Waals surface area contributed by atoms with Gasteiger partial charge in [-0.3, -0.25) is 28.8 Å². The molecule has 0 spiro atoms. The molecule has 2 fully saturated rings. The third-order valence-electron chi connectivity index (χ3n) is 14.5. The zero-order valence-electron chi connectivity index (χ0n) is 40.7. The van der Waals surface area contributed by atoms with Gasteiger partial charge in [0.25, 0.3) is 0 Å². The van der Waals surface area contributed by atoms with Crippen LogP contribution in [-0.4, -0.2) is 68.2 Å². The Morgan fingerprint density at radius 3 is 1.63 bits per heavy atom. The molecule has 6 atom stereocenters. The van der Waals surface area contributed by atoms with Crippen molar-refractivity contribution in [2.45, 2.75) is 223 Å². The second-order valence-electron chi connectivity index (χ2n) is 20.1. The summed E-state index contributed by atoms with van der Waals surface area (Å²) < 4.78 is 28.5. The molecule has 0 heterocycles. The number of carbonyl (C=O) groups excluding carboxylic acids is 6. The van der Waals surface area contributed by atoms with Crippen LogP contribution in [0.5, 0.6) is 0 Å². The third kappa shape index (κ3) is 18.6. The molecule has 2 bridgehead atoms. The highest BCUT2D eigenvalue weighted by molar-refractivity contribution is 5.94. The maximum absolute atomic E-state index is 14.3. The normalized spacial score (nSPS) is 20.5. The van der Waals surface area contributed by atoms with E-state index in [-0.39, 0.29) is 66.7 Å². The molecule has 2 aliphatic carbocycles. The van der Waals surface area contributed by atoms with Crippen LogP contribution in [-0.2, 0) is 52.5 Å². The molecule has 2 rings (SSSR count). The molecule has 0 aromatic heterocycles. The van der Waals surface area contributed by atoms with Crippen molar-refractivity contribution in [2.75, 3.05) is 26.4 Å². The summed E-state index contributed by atoms with van der Waals surface area (Å²) >= 11 is 0. The van der Waals surface area contributed by atoms with E-state index in [1.165, 1.54) is 58.3 Å². The molecule has 0 aliphatic heterocycles. The van der Waals surface area contributed by atoms with Gasteiger partial charge >= 0.3 is 29.8 Å². The molecule has 0 aromatic carbocycles. The van der Waals surface area contributed by atoms with Crippen LogP contribution in [0.25, 0.3) is 0 Å². The molecule has 2 saturated carbocycles. The summed E-state index contributed by atoms with van der Waals surface area (Å²) in [5.41, 5.74) is -1.08. The highest BCUT2D eigenvalue weighted by Crippen LogP contribution is 2.66. The number of hydrogen-bond acceptors (Lipinski definition) is 11. The van der Waals surface area contributed by atoms with Crippen molar-refractivity contribution in [1.29, 1.82) is 0 Å². The van der Waals surface area contributed by atoms with E-state index in [0.29, 0.717) is 51.2 Å². The summed E-state index contributed by atoms with van der Waals surface area (Å²) in [6, 6.07) is 0. The van der Waals surface area contributed by atoms with Crippen molar-refractivity contribution >= 4 is 35.6 Å². The Kier molecular flexibility index (Phi) is 25.6. The van der Waals surface area contributed by atoms with Crippen molar-refractivity contribution in [3.8, 4) is 0 Å². The van der Waals surface area contributed by atoms with E-state index in [9.17, 15) is 28.8 Å². The van der Waals surface area contributed by atoms with Gasteiger partial charge in [0.15, 0.2) is 0 Å². The SMILES string of the molecule is CCCCCCCCCCOC(=O)C(CCC(CCC(C)(C)C(=O)OCCOC(=O)CC(C)=O)C(=O)OC1CC2CCC1(C)C2(C)C)CC(CC)C(=O)OCCCCCCCC. The lowest BCUT2D eigenvalue weighted by Gasteiger charge is -2.39. The minimum Gasteiger partial charge on any atom is -0.465 e. The number of fused-ring (bicyclic) bond motifs is 2. The Balaban J connectivity index is 2.20. The highest BCUT2D eigenvalue weighted by atomic mass is 16.6. The zero-order chi connectivity index (χ0) is 46.2. The number of hydrogen-bond donors (Lipinski definition) is 0. The van der Waals surface area contributed by atoms with Crippen LogP contribution in [0, 0.1) is 39.9 Å². The van der Waals surface area contributed by atoms with Crippen molar-refractivity contribution in [1.82, 2.24) is 0 Å². The molecule has 62 heavy (non-hydrogen) atoms. The standard InChI is InChI=1S/C51H88O11/c1-10-13-15-17-19-20-22-24-32-60-46(55)41(36-39(12-3)45(54)59-31-23-21-18-16-14-11-2)26-25-40(47(56)62-43-37-42-28-30-51(43,9)50(42,7)8)27-29-49(5,6)48(57)61-34-33-58-44(53)35-38(4)52/h39-43H,10-37H2,1-9H3. The lowest BCUT2D eigenvalue weighted by Crippen LogP contribution is -2.39. The van der Waals surface area contributed by atoms with Gasteiger partial charge in [0, 0.05) is 5.41 Å². The van der Waals surface area contributed by atoms with Crippen LogP contribution in [0.2, 0.25) is 0 Å². The topological polar surface area (TPSA) is 149 Å². The Morgan fingerprint density at radius 2 is 1.13 bits per heavy atom. The summed E-state index contributed by atoms with van der Waals surface area (Å²) in [4.78, 5) is 77.8. The number of ketones is 1. The molecular weight excluding hydrogens is 789 g/mol. The summed E-state index contributed by atoms with van der Waals surface area (Å²) in [7, 11) is 0. The molecule has 0 amide bonds. The smallest absolute Gasteiger partial charge is 0.313 e. The molecule has 0 saturated heterocycles. The first-order chi connectivity index (χ1) is 29.4. The van der Waals surface area contributed by atoms with E-state index >= 15 is 0 Å². The fraction of sp³-hybridized carbons (Fsp3) is 0.882. The molecule has 0 radical (unpaired) electrons. The number of unbranched alkanes of at least 4 members (excludes halogenated alkanes) is 12. The molecule has 0 N–H and O–H groups in total.